The number of aromatic nitrogens is 3. The molecule has 0 spiro atoms. The van der Waals surface area contributed by atoms with Gasteiger partial charge in [-0.05, 0) is 73.4 Å². The first-order valence-electron chi connectivity index (χ1n) is 14.1. The first-order valence-corrected chi connectivity index (χ1v) is 14.1. The highest BCUT2D eigenvalue weighted by Crippen LogP contribution is 2.27. The number of nitriles is 1. The van der Waals surface area contributed by atoms with Crippen molar-refractivity contribution in [3.63, 3.8) is 0 Å². The third-order valence-corrected chi connectivity index (χ3v) is 6.92. The van der Waals surface area contributed by atoms with E-state index in [9.17, 15) is 14.9 Å². The zero-order chi connectivity index (χ0) is 29.4. The summed E-state index contributed by atoms with van der Waals surface area (Å²) in [7, 11) is 0. The van der Waals surface area contributed by atoms with E-state index >= 15 is 0 Å². The Morgan fingerprint density at radius 3 is 2.61 bits per heavy atom. The number of benzene rings is 1. The lowest BCUT2D eigenvalue weighted by Gasteiger charge is -2.21. The highest BCUT2D eigenvalue weighted by atomic mass is 16.5. The summed E-state index contributed by atoms with van der Waals surface area (Å²) in [6, 6.07) is 17.0. The maximum atomic E-state index is 12.9. The van der Waals surface area contributed by atoms with Gasteiger partial charge < -0.3 is 10.1 Å². The Morgan fingerprint density at radius 1 is 1.07 bits per heavy atom. The minimum atomic E-state index is -0.375. The largest absolute Gasteiger partial charge is 0.375 e. The van der Waals surface area contributed by atoms with E-state index in [0.717, 1.165) is 47.0 Å². The summed E-state index contributed by atoms with van der Waals surface area (Å²) in [6.07, 6.45) is 4.46. The molecule has 41 heavy (non-hydrogen) atoms. The minimum absolute atomic E-state index is 0.0127. The number of hydrogen-bond donors (Lipinski definition) is 1. The van der Waals surface area contributed by atoms with E-state index in [4.69, 9.17) is 14.7 Å². The molecule has 4 heterocycles. The number of pyridine rings is 3. The van der Waals surface area contributed by atoms with Crippen LogP contribution in [-0.2, 0) is 24.3 Å². The maximum absolute atomic E-state index is 12.9. The molecule has 1 amide bonds. The topological polar surface area (TPSA) is 118 Å². The number of amides is 1. The van der Waals surface area contributed by atoms with Crippen molar-refractivity contribution in [2.24, 2.45) is 0 Å². The second-order valence-corrected chi connectivity index (χ2v) is 9.71. The van der Waals surface area contributed by atoms with Gasteiger partial charge >= 0.3 is 0 Å². The molecule has 4 aromatic rings. The number of ketones is 1. The van der Waals surface area contributed by atoms with Crippen LogP contribution in [0.3, 0.4) is 0 Å². The Bertz CT molecular complexity index is 1610. The van der Waals surface area contributed by atoms with Crippen LogP contribution < -0.4 is 5.32 Å². The summed E-state index contributed by atoms with van der Waals surface area (Å²) in [6.45, 7) is 8.69. The normalized spacial score (nSPS) is 13.9. The molecule has 0 bridgehead atoms. The molecule has 210 valence electrons. The Labute approximate surface area is 240 Å². The number of carbonyl (C=O) groups is 2. The van der Waals surface area contributed by atoms with Crippen LogP contribution in [0.4, 0.5) is 0 Å². The van der Waals surface area contributed by atoms with Gasteiger partial charge in [-0.1, -0.05) is 33.3 Å². The monoisotopic (exact) mass is 549 g/mol. The summed E-state index contributed by atoms with van der Waals surface area (Å²) in [5.41, 5.74) is 6.58. The number of nitrogens with zero attached hydrogens (tertiary/aromatic N) is 4. The summed E-state index contributed by atoms with van der Waals surface area (Å²) in [5, 5.41) is 13.2. The molecule has 1 N–H and O–H groups in total. The average molecular weight is 550 g/mol. The number of unbranched alkanes of at least 4 members (excludes halogenated alkanes) is 1. The summed E-state index contributed by atoms with van der Waals surface area (Å²) in [5.74, 6) is -0.600. The highest BCUT2D eigenvalue weighted by Gasteiger charge is 2.22. The number of Topliss-reactive ketones (excluding diaryl/α,β-unsaturated/α-hetero) is 1. The van der Waals surface area contributed by atoms with Crippen molar-refractivity contribution in [2.75, 3.05) is 6.61 Å². The van der Waals surface area contributed by atoms with E-state index in [-0.39, 0.29) is 24.2 Å². The Hall–Kier alpha value is -4.48. The van der Waals surface area contributed by atoms with Gasteiger partial charge in [0.1, 0.15) is 0 Å². The molecule has 0 saturated carbocycles. The number of fused-ring (bicyclic) bond motifs is 2. The fourth-order valence-electron chi connectivity index (χ4n) is 4.74. The standard InChI is InChI=1S/C31H29N5O3.C2H6/c1-3-4-5-27-25(19(2)37)9-11-29(35-27)28-10-8-21-15-33-24(13-30(21)36-28)16-34-31(38)20-6-7-22-17-39-18-23(14-32)26(22)12-20;1-2/h6-13,15,23H,3-5,16-18H2,1-2H3,(H,34,38);1-2H3/t23-;/m1./s1. The zero-order valence-electron chi connectivity index (χ0n) is 24.0. The van der Waals surface area contributed by atoms with Gasteiger partial charge in [0.05, 0.1) is 60.0 Å². The molecular formula is C33H35N5O3. The lowest BCUT2D eigenvalue weighted by molar-refractivity contribution is 0.0944. The third kappa shape index (κ3) is 6.82. The molecule has 3 aromatic heterocycles. The van der Waals surface area contributed by atoms with E-state index in [2.05, 4.69) is 23.3 Å². The van der Waals surface area contributed by atoms with Crippen molar-refractivity contribution >= 4 is 22.6 Å². The molecule has 0 aliphatic carbocycles. The van der Waals surface area contributed by atoms with Crippen LogP contribution in [0.2, 0.25) is 0 Å². The summed E-state index contributed by atoms with van der Waals surface area (Å²) >= 11 is 0. The van der Waals surface area contributed by atoms with Crippen LogP contribution >= 0.6 is 0 Å². The molecule has 1 aliphatic rings. The maximum Gasteiger partial charge on any atom is 0.251 e. The van der Waals surface area contributed by atoms with Crippen LogP contribution in [0.1, 0.15) is 89.7 Å². The van der Waals surface area contributed by atoms with E-state index in [0.29, 0.717) is 41.4 Å². The molecular weight excluding hydrogens is 514 g/mol. The second kappa shape index (κ2) is 13.7. The molecule has 1 aliphatic heterocycles. The van der Waals surface area contributed by atoms with E-state index < -0.39 is 0 Å². The predicted molar refractivity (Wildman–Crippen MR) is 158 cm³/mol. The summed E-state index contributed by atoms with van der Waals surface area (Å²) < 4.78 is 5.46. The van der Waals surface area contributed by atoms with Gasteiger partial charge in [0, 0.05) is 22.7 Å². The van der Waals surface area contributed by atoms with Gasteiger partial charge in [0.15, 0.2) is 5.78 Å². The number of carbonyl (C=O) groups excluding carboxylic acids is 2. The SMILES string of the molecule is CC.CCCCc1nc(-c2ccc3cnc(CNC(=O)c4ccc5c(c4)[C@H](C#N)COC5)cc3n2)ccc1C(C)=O. The van der Waals surface area contributed by atoms with Gasteiger partial charge in [-0.2, -0.15) is 5.26 Å². The van der Waals surface area contributed by atoms with Gasteiger partial charge in [0.25, 0.3) is 5.91 Å². The van der Waals surface area contributed by atoms with E-state index in [1.165, 1.54) is 0 Å². The highest BCUT2D eigenvalue weighted by molar-refractivity contribution is 5.95. The van der Waals surface area contributed by atoms with Crippen LogP contribution in [0, 0.1) is 11.3 Å². The quantitative estimate of drug-likeness (QED) is 0.255. The first-order chi connectivity index (χ1) is 20.0. The number of rotatable bonds is 8. The molecule has 0 saturated heterocycles. The minimum Gasteiger partial charge on any atom is -0.375 e. The first kappa shape index (κ1) is 29.5. The van der Waals surface area contributed by atoms with Crippen molar-refractivity contribution < 1.29 is 14.3 Å². The molecule has 0 fully saturated rings. The molecule has 1 atom stereocenters. The van der Waals surface area contributed by atoms with Crippen LogP contribution in [0.25, 0.3) is 22.3 Å². The Balaban J connectivity index is 0.00000189. The van der Waals surface area contributed by atoms with Gasteiger partial charge in [0.2, 0.25) is 0 Å². The number of ether oxygens (including phenoxy) is 1. The molecule has 1 aromatic carbocycles. The van der Waals surface area contributed by atoms with Crippen LogP contribution in [0.15, 0.2) is 54.7 Å². The lowest BCUT2D eigenvalue weighted by atomic mass is 9.92. The van der Waals surface area contributed by atoms with Gasteiger partial charge in [-0.15, -0.1) is 0 Å². The second-order valence-electron chi connectivity index (χ2n) is 9.71. The van der Waals surface area contributed by atoms with E-state index in [1.54, 1.807) is 25.3 Å². The van der Waals surface area contributed by atoms with Crippen molar-refractivity contribution in [1.82, 2.24) is 20.3 Å². The van der Waals surface area contributed by atoms with Gasteiger partial charge in [-0.3, -0.25) is 19.6 Å². The third-order valence-electron chi connectivity index (χ3n) is 6.92. The number of hydrogen-bond acceptors (Lipinski definition) is 7. The Kier molecular flexibility index (Phi) is 9.88. The van der Waals surface area contributed by atoms with Gasteiger partial charge in [-0.25, -0.2) is 4.98 Å². The zero-order valence-corrected chi connectivity index (χ0v) is 24.0. The number of nitrogens with one attached hydrogen (secondary N) is 1. The van der Waals surface area contributed by atoms with Crippen molar-refractivity contribution in [3.05, 3.63) is 88.4 Å². The molecule has 0 unspecified atom stereocenters. The molecule has 8 heteroatoms. The molecule has 8 nitrogen and oxygen atoms in total. The van der Waals surface area contributed by atoms with Crippen molar-refractivity contribution in [2.45, 2.75) is 66.0 Å². The smallest absolute Gasteiger partial charge is 0.251 e. The average Bonchev–Trinajstić information content (AvgIpc) is 3.02. The van der Waals surface area contributed by atoms with Crippen molar-refractivity contribution in [3.8, 4) is 17.5 Å². The molecule has 0 radical (unpaired) electrons. The fourth-order valence-corrected chi connectivity index (χ4v) is 4.74. The van der Waals surface area contributed by atoms with Crippen LogP contribution in [-0.4, -0.2) is 33.2 Å². The summed E-state index contributed by atoms with van der Waals surface area (Å²) in [4.78, 5) is 39.0. The van der Waals surface area contributed by atoms with E-state index in [1.807, 2.05) is 50.2 Å². The Morgan fingerprint density at radius 2 is 1.85 bits per heavy atom. The predicted octanol–water partition coefficient (Wildman–Crippen LogP) is 6.33. The van der Waals surface area contributed by atoms with Crippen molar-refractivity contribution in [1.29, 1.82) is 5.26 Å². The molecule has 5 rings (SSSR count). The van der Waals surface area contributed by atoms with Crippen LogP contribution in [0.5, 0.6) is 0 Å². The fraction of sp³-hybridized carbons (Fsp3) is 0.333. The lowest BCUT2D eigenvalue weighted by Crippen LogP contribution is -2.24. The number of aryl methyl sites for hydroxylation is 1.